The number of carbonyl (C=O) groups excluding carboxylic acids is 1. The third kappa shape index (κ3) is 3.83. The van der Waals surface area contributed by atoms with Gasteiger partial charge >= 0.3 is 0 Å². The van der Waals surface area contributed by atoms with Crippen LogP contribution in [0.15, 0.2) is 42.1 Å². The molecule has 5 heteroatoms. The van der Waals surface area contributed by atoms with Crippen LogP contribution in [0.1, 0.15) is 44.1 Å². The SMILES string of the molecule is COCCn1cc(CC(=O)N2CCCC3=C[C@H]4C[C@H](CN5CCCC[C@@H]45)[C@H]32)c2ccccc21. The van der Waals surface area contributed by atoms with Gasteiger partial charge in [-0.3, -0.25) is 9.69 Å². The van der Waals surface area contributed by atoms with Crippen LogP contribution in [0.4, 0.5) is 0 Å². The molecule has 4 heterocycles. The van der Waals surface area contributed by atoms with E-state index >= 15 is 0 Å². The minimum Gasteiger partial charge on any atom is -0.383 e. The van der Waals surface area contributed by atoms with Crippen molar-refractivity contribution in [3.8, 4) is 0 Å². The summed E-state index contributed by atoms with van der Waals surface area (Å²) in [6.07, 6.45) is 12.9. The van der Waals surface area contributed by atoms with E-state index in [-0.39, 0.29) is 0 Å². The first-order valence-corrected chi connectivity index (χ1v) is 13.0. The second-order valence-corrected chi connectivity index (χ2v) is 10.6. The lowest BCUT2D eigenvalue weighted by atomic mass is 9.68. The topological polar surface area (TPSA) is 37.7 Å². The summed E-state index contributed by atoms with van der Waals surface area (Å²) in [6.45, 7) is 4.83. The van der Waals surface area contributed by atoms with Crippen molar-refractivity contribution in [1.29, 1.82) is 0 Å². The Morgan fingerprint density at radius 2 is 2.06 bits per heavy atom. The summed E-state index contributed by atoms with van der Waals surface area (Å²) < 4.78 is 7.55. The fraction of sp³-hybridized carbons (Fsp3) is 0.607. The van der Waals surface area contributed by atoms with Crippen LogP contribution in [0, 0.1) is 11.8 Å². The fourth-order valence-electron chi connectivity index (χ4n) is 7.36. The molecule has 0 radical (unpaired) electrons. The number of piperidine rings is 3. The number of ether oxygens (including phenoxy) is 1. The number of methoxy groups -OCH3 is 1. The zero-order valence-corrected chi connectivity index (χ0v) is 19.9. The van der Waals surface area contributed by atoms with Gasteiger partial charge in [-0.15, -0.1) is 0 Å². The molecule has 5 nitrogen and oxygen atoms in total. The molecule has 176 valence electrons. The number of benzene rings is 1. The van der Waals surface area contributed by atoms with Gasteiger partial charge in [0, 0.05) is 49.9 Å². The van der Waals surface area contributed by atoms with Crippen molar-refractivity contribution in [1.82, 2.24) is 14.4 Å². The Bertz CT molecular complexity index is 1060. The Balaban J connectivity index is 1.26. The molecule has 1 amide bonds. The van der Waals surface area contributed by atoms with Crippen LogP contribution in [-0.2, 0) is 22.5 Å². The first kappa shape index (κ1) is 21.4. The molecule has 1 aliphatic carbocycles. The Morgan fingerprint density at radius 1 is 1.15 bits per heavy atom. The summed E-state index contributed by atoms with van der Waals surface area (Å²) in [5, 5.41) is 1.20. The Labute approximate surface area is 197 Å². The smallest absolute Gasteiger partial charge is 0.227 e. The van der Waals surface area contributed by atoms with Crippen molar-refractivity contribution < 1.29 is 9.53 Å². The minimum absolute atomic E-state index is 0.305. The highest BCUT2D eigenvalue weighted by Gasteiger charge is 2.46. The lowest BCUT2D eigenvalue weighted by molar-refractivity contribution is -0.135. The van der Waals surface area contributed by atoms with E-state index in [2.05, 4.69) is 50.9 Å². The maximum Gasteiger partial charge on any atom is 0.227 e. The predicted octanol–water partition coefficient (Wildman–Crippen LogP) is 4.25. The summed E-state index contributed by atoms with van der Waals surface area (Å²) in [5.74, 6) is 1.63. The summed E-state index contributed by atoms with van der Waals surface area (Å²) in [7, 11) is 1.74. The number of hydrogen-bond acceptors (Lipinski definition) is 3. The number of amides is 1. The standard InChI is InChI=1S/C28H37N3O2/c1-33-14-13-30-18-22(24-8-2-3-10-26(24)30)17-27(32)31-12-6-7-20-15-21-16-23(28(20)31)19-29-11-5-4-9-25(21)29/h2-3,8,10,15,18,21,23,25,28H,4-7,9,11-14,16-17,19H2,1H3/t21-,23+,25-,28-/m0/s1. The van der Waals surface area contributed by atoms with Crippen LogP contribution >= 0.6 is 0 Å². The molecule has 4 aliphatic rings. The van der Waals surface area contributed by atoms with Crippen molar-refractivity contribution in [3.63, 3.8) is 0 Å². The van der Waals surface area contributed by atoms with E-state index in [1.165, 1.54) is 56.1 Å². The van der Waals surface area contributed by atoms with Crippen molar-refractivity contribution in [2.45, 2.75) is 63.6 Å². The number of nitrogens with zero attached hydrogens (tertiary/aromatic N) is 3. The Morgan fingerprint density at radius 3 is 2.97 bits per heavy atom. The average molecular weight is 448 g/mol. The van der Waals surface area contributed by atoms with E-state index in [4.69, 9.17) is 4.74 Å². The number of carbonyl (C=O) groups is 1. The second kappa shape index (κ2) is 8.92. The van der Waals surface area contributed by atoms with Gasteiger partial charge in [-0.2, -0.15) is 0 Å². The quantitative estimate of drug-likeness (QED) is 0.643. The molecule has 3 saturated heterocycles. The van der Waals surface area contributed by atoms with Crippen LogP contribution in [0.2, 0.25) is 0 Å². The number of para-hydroxylation sites is 1. The van der Waals surface area contributed by atoms with E-state index in [1.807, 2.05) is 0 Å². The number of aromatic nitrogens is 1. The molecule has 2 bridgehead atoms. The van der Waals surface area contributed by atoms with Crippen LogP contribution in [0.5, 0.6) is 0 Å². The van der Waals surface area contributed by atoms with Gasteiger partial charge in [-0.05, 0) is 62.1 Å². The molecule has 4 atom stereocenters. The third-order valence-corrected chi connectivity index (χ3v) is 8.73. The molecule has 1 aromatic carbocycles. The first-order valence-electron chi connectivity index (χ1n) is 13.0. The van der Waals surface area contributed by atoms with E-state index in [0.717, 1.165) is 31.1 Å². The monoisotopic (exact) mass is 447 g/mol. The molecule has 1 aromatic heterocycles. The molecule has 33 heavy (non-hydrogen) atoms. The minimum atomic E-state index is 0.305. The molecule has 3 aliphatic heterocycles. The largest absolute Gasteiger partial charge is 0.383 e. The zero-order valence-electron chi connectivity index (χ0n) is 19.9. The average Bonchev–Trinajstić information content (AvgIpc) is 3.19. The van der Waals surface area contributed by atoms with Gasteiger partial charge in [0.15, 0.2) is 0 Å². The van der Waals surface area contributed by atoms with Gasteiger partial charge in [-0.25, -0.2) is 0 Å². The highest BCUT2D eigenvalue weighted by Crippen LogP contribution is 2.45. The molecule has 0 N–H and O–H groups in total. The predicted molar refractivity (Wildman–Crippen MR) is 131 cm³/mol. The summed E-state index contributed by atoms with van der Waals surface area (Å²) in [5.41, 5.74) is 3.92. The van der Waals surface area contributed by atoms with Crippen molar-refractivity contribution in [2.75, 3.05) is 33.4 Å². The normalized spacial score (nSPS) is 29.5. The highest BCUT2D eigenvalue weighted by atomic mass is 16.5. The maximum absolute atomic E-state index is 13.8. The van der Waals surface area contributed by atoms with Gasteiger partial charge in [0.1, 0.15) is 0 Å². The summed E-state index contributed by atoms with van der Waals surface area (Å²) >= 11 is 0. The second-order valence-electron chi connectivity index (χ2n) is 10.6. The Hall–Kier alpha value is -2.11. The summed E-state index contributed by atoms with van der Waals surface area (Å²) in [6, 6.07) is 9.55. The molecule has 0 saturated carbocycles. The van der Waals surface area contributed by atoms with E-state index in [1.54, 1.807) is 12.7 Å². The van der Waals surface area contributed by atoms with Crippen molar-refractivity contribution >= 4 is 16.8 Å². The molecular weight excluding hydrogens is 410 g/mol. The first-order chi connectivity index (χ1) is 16.2. The molecular formula is C28H37N3O2. The molecule has 2 aromatic rings. The highest BCUT2D eigenvalue weighted by molar-refractivity contribution is 5.89. The lowest BCUT2D eigenvalue weighted by Gasteiger charge is -2.54. The number of likely N-dealkylation sites (tertiary alicyclic amines) is 1. The summed E-state index contributed by atoms with van der Waals surface area (Å²) in [4.78, 5) is 18.8. The number of rotatable bonds is 5. The van der Waals surface area contributed by atoms with Crippen LogP contribution in [0.3, 0.4) is 0 Å². The van der Waals surface area contributed by atoms with E-state index in [9.17, 15) is 4.79 Å². The molecule has 6 rings (SSSR count). The maximum atomic E-state index is 13.8. The lowest BCUT2D eigenvalue weighted by Crippen LogP contribution is -2.60. The molecule has 3 fully saturated rings. The van der Waals surface area contributed by atoms with Gasteiger partial charge in [0.25, 0.3) is 0 Å². The van der Waals surface area contributed by atoms with E-state index < -0.39 is 0 Å². The molecule has 0 spiro atoms. The zero-order chi connectivity index (χ0) is 22.4. The van der Waals surface area contributed by atoms with Crippen LogP contribution < -0.4 is 0 Å². The third-order valence-electron chi connectivity index (χ3n) is 8.73. The van der Waals surface area contributed by atoms with E-state index in [0.29, 0.717) is 36.8 Å². The van der Waals surface area contributed by atoms with Gasteiger partial charge in [0.2, 0.25) is 5.91 Å². The number of fused-ring (bicyclic) bond motifs is 7. The van der Waals surface area contributed by atoms with Gasteiger partial charge < -0.3 is 14.2 Å². The Kier molecular flexibility index (Phi) is 5.79. The molecule has 0 unspecified atom stereocenters. The fourth-order valence-corrected chi connectivity index (χ4v) is 7.36. The van der Waals surface area contributed by atoms with Crippen molar-refractivity contribution in [3.05, 3.63) is 47.7 Å². The van der Waals surface area contributed by atoms with Crippen molar-refractivity contribution in [2.24, 2.45) is 11.8 Å². The van der Waals surface area contributed by atoms with Gasteiger partial charge in [0.05, 0.1) is 19.1 Å². The van der Waals surface area contributed by atoms with Crippen LogP contribution in [-0.4, -0.2) is 65.7 Å². The van der Waals surface area contributed by atoms with Gasteiger partial charge in [-0.1, -0.05) is 36.3 Å². The van der Waals surface area contributed by atoms with Crippen LogP contribution in [0.25, 0.3) is 10.9 Å². The number of hydrogen-bond donors (Lipinski definition) is 0.